The number of nitrogens with two attached hydrogens (primary N) is 1. The lowest BCUT2D eigenvalue weighted by molar-refractivity contribution is 0.0627. The highest BCUT2D eigenvalue weighted by Crippen LogP contribution is 2.10. The Morgan fingerprint density at radius 3 is 2.38 bits per heavy atom. The van der Waals surface area contributed by atoms with Gasteiger partial charge in [0.25, 0.3) is 5.91 Å². The normalized spacial score (nSPS) is 10.4. The fraction of sp³-hybridized carbons (Fsp3) is 0.467. The largest absolute Gasteiger partial charge is 0.393 e. The van der Waals surface area contributed by atoms with Crippen LogP contribution in [0.4, 0.5) is 0 Å². The van der Waals surface area contributed by atoms with Gasteiger partial charge in [0.15, 0.2) is 0 Å². The Morgan fingerprint density at radius 2 is 1.86 bits per heavy atom. The molecule has 116 valence electrons. The number of thiocarbonyl (C=S) groups is 1. The second-order valence-corrected chi connectivity index (χ2v) is 5.15. The second-order valence-electron chi connectivity index (χ2n) is 4.62. The van der Waals surface area contributed by atoms with E-state index in [2.05, 4.69) is 0 Å². The van der Waals surface area contributed by atoms with E-state index in [1.165, 1.54) is 0 Å². The molecule has 0 saturated heterocycles. The van der Waals surface area contributed by atoms with E-state index < -0.39 is 0 Å². The van der Waals surface area contributed by atoms with E-state index in [0.29, 0.717) is 43.3 Å². The van der Waals surface area contributed by atoms with Gasteiger partial charge >= 0.3 is 0 Å². The standard InChI is InChI=1S/C15H22N2O3S/c1-19-8-6-17(7-9-20-2)15(18)13-5-3-4-12(10-13)11-14(16)21/h3-5,10H,6-9,11H2,1-2H3,(H2,16,21). The first-order valence-electron chi connectivity index (χ1n) is 6.73. The zero-order chi connectivity index (χ0) is 15.7. The lowest BCUT2D eigenvalue weighted by Crippen LogP contribution is -2.36. The summed E-state index contributed by atoms with van der Waals surface area (Å²) in [7, 11) is 3.23. The first kappa shape index (κ1) is 17.6. The van der Waals surface area contributed by atoms with Crippen molar-refractivity contribution in [3.8, 4) is 0 Å². The van der Waals surface area contributed by atoms with Gasteiger partial charge in [-0.15, -0.1) is 0 Å². The molecule has 6 heteroatoms. The van der Waals surface area contributed by atoms with E-state index in [9.17, 15) is 4.79 Å². The van der Waals surface area contributed by atoms with Crippen molar-refractivity contribution in [2.45, 2.75) is 6.42 Å². The minimum absolute atomic E-state index is 0.0473. The van der Waals surface area contributed by atoms with Gasteiger partial charge < -0.3 is 20.1 Å². The van der Waals surface area contributed by atoms with Gasteiger partial charge in [-0.3, -0.25) is 4.79 Å². The number of methoxy groups -OCH3 is 2. The van der Waals surface area contributed by atoms with Crippen LogP contribution in [0.3, 0.4) is 0 Å². The van der Waals surface area contributed by atoms with Crippen LogP contribution in [-0.4, -0.2) is 56.3 Å². The summed E-state index contributed by atoms with van der Waals surface area (Å²) in [6.45, 7) is 2.03. The predicted molar refractivity (Wildman–Crippen MR) is 86.6 cm³/mol. The fourth-order valence-electron chi connectivity index (χ4n) is 1.92. The molecule has 0 aromatic heterocycles. The molecular formula is C15H22N2O3S. The number of hydrogen-bond donors (Lipinski definition) is 1. The van der Waals surface area contributed by atoms with Crippen LogP contribution in [0.1, 0.15) is 15.9 Å². The lowest BCUT2D eigenvalue weighted by Gasteiger charge is -2.22. The smallest absolute Gasteiger partial charge is 0.254 e. The van der Waals surface area contributed by atoms with Crippen LogP contribution in [0.2, 0.25) is 0 Å². The van der Waals surface area contributed by atoms with Crippen LogP contribution >= 0.6 is 12.2 Å². The third-order valence-corrected chi connectivity index (χ3v) is 3.11. The van der Waals surface area contributed by atoms with Crippen molar-refractivity contribution in [3.05, 3.63) is 35.4 Å². The predicted octanol–water partition coefficient (Wildman–Crippen LogP) is 1.25. The van der Waals surface area contributed by atoms with Crippen LogP contribution in [0, 0.1) is 0 Å². The van der Waals surface area contributed by atoms with Crippen LogP contribution in [0.25, 0.3) is 0 Å². The second kappa shape index (κ2) is 9.44. The van der Waals surface area contributed by atoms with Crippen molar-refractivity contribution in [1.82, 2.24) is 4.90 Å². The quantitative estimate of drug-likeness (QED) is 0.696. The maximum atomic E-state index is 12.5. The van der Waals surface area contributed by atoms with Crippen LogP contribution in [0.5, 0.6) is 0 Å². The third kappa shape index (κ3) is 6.20. The summed E-state index contributed by atoms with van der Waals surface area (Å²) in [5.74, 6) is -0.0473. The molecule has 0 aliphatic carbocycles. The van der Waals surface area contributed by atoms with Crippen LogP contribution < -0.4 is 5.73 Å². The summed E-state index contributed by atoms with van der Waals surface area (Å²) in [5, 5.41) is 0. The number of benzene rings is 1. The monoisotopic (exact) mass is 310 g/mol. The third-order valence-electron chi connectivity index (χ3n) is 2.97. The maximum absolute atomic E-state index is 12.5. The SMILES string of the molecule is COCCN(CCOC)C(=O)c1cccc(CC(N)=S)c1. The zero-order valence-electron chi connectivity index (χ0n) is 12.5. The molecular weight excluding hydrogens is 288 g/mol. The van der Waals surface area contributed by atoms with Crippen molar-refractivity contribution in [2.24, 2.45) is 5.73 Å². The van der Waals surface area contributed by atoms with Gasteiger partial charge in [0.2, 0.25) is 0 Å². The minimum atomic E-state index is -0.0473. The highest BCUT2D eigenvalue weighted by atomic mass is 32.1. The van der Waals surface area contributed by atoms with E-state index in [1.807, 2.05) is 18.2 Å². The summed E-state index contributed by atoms with van der Waals surface area (Å²) in [6.07, 6.45) is 0.493. The van der Waals surface area contributed by atoms with E-state index in [4.69, 9.17) is 27.4 Å². The number of nitrogens with zero attached hydrogens (tertiary/aromatic N) is 1. The van der Waals surface area contributed by atoms with E-state index in [0.717, 1.165) is 5.56 Å². The van der Waals surface area contributed by atoms with Crippen LogP contribution in [0.15, 0.2) is 24.3 Å². The number of rotatable bonds is 9. The molecule has 1 aromatic rings. The molecule has 0 atom stereocenters. The molecule has 0 spiro atoms. The highest BCUT2D eigenvalue weighted by molar-refractivity contribution is 7.80. The molecule has 21 heavy (non-hydrogen) atoms. The van der Waals surface area contributed by atoms with Gasteiger partial charge in [-0.2, -0.15) is 0 Å². The van der Waals surface area contributed by atoms with Gasteiger partial charge in [0.1, 0.15) is 0 Å². The molecule has 0 aliphatic heterocycles. The number of carbonyl (C=O) groups excluding carboxylic acids is 1. The molecule has 0 unspecified atom stereocenters. The van der Waals surface area contributed by atoms with Crippen molar-refractivity contribution < 1.29 is 14.3 Å². The molecule has 0 aliphatic rings. The average molecular weight is 310 g/mol. The number of amides is 1. The number of hydrogen-bond acceptors (Lipinski definition) is 4. The Balaban J connectivity index is 2.83. The molecule has 0 bridgehead atoms. The molecule has 1 amide bonds. The minimum Gasteiger partial charge on any atom is -0.393 e. The molecule has 0 saturated carbocycles. The number of ether oxygens (including phenoxy) is 2. The average Bonchev–Trinajstić information content (AvgIpc) is 2.46. The van der Waals surface area contributed by atoms with Gasteiger partial charge in [-0.25, -0.2) is 0 Å². The summed E-state index contributed by atoms with van der Waals surface area (Å²) < 4.78 is 10.1. The van der Waals surface area contributed by atoms with E-state index >= 15 is 0 Å². The summed E-state index contributed by atoms with van der Waals surface area (Å²) in [5.41, 5.74) is 7.10. The van der Waals surface area contributed by atoms with Crippen molar-refractivity contribution in [3.63, 3.8) is 0 Å². The molecule has 2 N–H and O–H groups in total. The van der Waals surface area contributed by atoms with E-state index in [-0.39, 0.29) is 5.91 Å². The Morgan fingerprint density at radius 1 is 1.24 bits per heavy atom. The Kier molecular flexibility index (Phi) is 7.89. The van der Waals surface area contributed by atoms with Gasteiger partial charge in [-0.1, -0.05) is 24.4 Å². The van der Waals surface area contributed by atoms with Crippen molar-refractivity contribution in [2.75, 3.05) is 40.5 Å². The Labute approximate surface area is 131 Å². The van der Waals surface area contributed by atoms with Crippen molar-refractivity contribution in [1.29, 1.82) is 0 Å². The lowest BCUT2D eigenvalue weighted by atomic mass is 10.1. The van der Waals surface area contributed by atoms with Gasteiger partial charge in [0.05, 0.1) is 18.2 Å². The molecule has 1 aromatic carbocycles. The zero-order valence-corrected chi connectivity index (χ0v) is 13.3. The highest BCUT2D eigenvalue weighted by Gasteiger charge is 2.15. The Bertz CT molecular complexity index is 472. The van der Waals surface area contributed by atoms with Crippen LogP contribution in [-0.2, 0) is 15.9 Å². The summed E-state index contributed by atoms with van der Waals surface area (Å²) in [4.78, 5) is 14.7. The molecule has 0 radical (unpaired) electrons. The molecule has 0 fully saturated rings. The summed E-state index contributed by atoms with van der Waals surface area (Å²) in [6, 6.07) is 7.36. The topological polar surface area (TPSA) is 64.8 Å². The maximum Gasteiger partial charge on any atom is 0.254 e. The first-order valence-corrected chi connectivity index (χ1v) is 7.13. The molecule has 5 nitrogen and oxygen atoms in total. The summed E-state index contributed by atoms with van der Waals surface area (Å²) >= 11 is 4.90. The Hall–Kier alpha value is -1.50. The first-order chi connectivity index (χ1) is 10.1. The fourth-order valence-corrected chi connectivity index (χ4v) is 2.08. The van der Waals surface area contributed by atoms with Gasteiger partial charge in [-0.05, 0) is 17.7 Å². The molecule has 1 rings (SSSR count). The van der Waals surface area contributed by atoms with Gasteiger partial charge in [0, 0.05) is 39.3 Å². The van der Waals surface area contributed by atoms with Crippen molar-refractivity contribution >= 4 is 23.1 Å². The molecule has 0 heterocycles. The van der Waals surface area contributed by atoms with E-state index in [1.54, 1.807) is 25.2 Å². The number of carbonyl (C=O) groups is 1.